The molecule has 3 aromatic carbocycles. The highest BCUT2D eigenvalue weighted by atomic mass is 16.5. The highest BCUT2D eigenvalue weighted by molar-refractivity contribution is 6.01. The Bertz CT molecular complexity index is 1290. The van der Waals surface area contributed by atoms with Crippen LogP contribution >= 0.6 is 0 Å². The van der Waals surface area contributed by atoms with Crippen LogP contribution in [0.4, 0.5) is 22.0 Å². The third kappa shape index (κ3) is 4.07. The van der Waals surface area contributed by atoms with Crippen LogP contribution in [0.25, 0.3) is 10.9 Å². The molecule has 0 radical (unpaired) electrons. The molecule has 6 heteroatoms. The fourth-order valence-electron chi connectivity index (χ4n) is 4.20. The third-order valence-electron chi connectivity index (χ3n) is 5.76. The van der Waals surface area contributed by atoms with Gasteiger partial charge in [0.1, 0.15) is 11.6 Å². The van der Waals surface area contributed by atoms with E-state index in [2.05, 4.69) is 40.2 Å². The van der Waals surface area contributed by atoms with Gasteiger partial charge in [0.05, 0.1) is 24.4 Å². The van der Waals surface area contributed by atoms with Gasteiger partial charge in [0.15, 0.2) is 0 Å². The molecule has 3 N–H and O–H groups in total. The molecule has 0 bridgehead atoms. The SMILES string of the molecule is COc1ccccc1NC(=O)Nc1ccc2nc(NC3CCc4ccccc43)ccc2c1. The number of carbonyl (C=O) groups excluding carboxylic acids is 1. The van der Waals surface area contributed by atoms with Gasteiger partial charge in [0, 0.05) is 11.1 Å². The molecule has 1 heterocycles. The normalized spacial score (nSPS) is 14.6. The van der Waals surface area contributed by atoms with Gasteiger partial charge in [-0.2, -0.15) is 0 Å². The minimum absolute atomic E-state index is 0.288. The van der Waals surface area contributed by atoms with Crippen LogP contribution in [-0.2, 0) is 6.42 Å². The average Bonchev–Trinajstić information content (AvgIpc) is 3.22. The molecule has 1 aliphatic rings. The second-order valence-electron chi connectivity index (χ2n) is 7.82. The quantitative estimate of drug-likeness (QED) is 0.368. The number of hydrogen-bond donors (Lipinski definition) is 3. The molecule has 1 unspecified atom stereocenters. The fraction of sp³-hybridized carbons (Fsp3) is 0.154. The number of carbonyl (C=O) groups is 1. The molecule has 1 aromatic heterocycles. The van der Waals surface area contributed by atoms with Gasteiger partial charge in [-0.1, -0.05) is 36.4 Å². The Morgan fingerprint density at radius 3 is 2.72 bits per heavy atom. The molecule has 2 amide bonds. The van der Waals surface area contributed by atoms with E-state index in [1.807, 2.05) is 42.5 Å². The summed E-state index contributed by atoms with van der Waals surface area (Å²) >= 11 is 0. The van der Waals surface area contributed by atoms with Crippen LogP contribution in [0.1, 0.15) is 23.6 Å². The number of aryl methyl sites for hydroxylation is 1. The molecule has 1 atom stereocenters. The molecule has 160 valence electrons. The van der Waals surface area contributed by atoms with Crippen molar-refractivity contribution in [3.8, 4) is 5.75 Å². The Morgan fingerprint density at radius 1 is 0.969 bits per heavy atom. The zero-order valence-corrected chi connectivity index (χ0v) is 17.8. The molecule has 0 saturated carbocycles. The minimum atomic E-state index is -0.333. The molecule has 0 spiro atoms. The maximum Gasteiger partial charge on any atom is 0.323 e. The van der Waals surface area contributed by atoms with E-state index in [1.54, 1.807) is 19.2 Å². The number of ether oxygens (including phenoxy) is 1. The van der Waals surface area contributed by atoms with Crippen molar-refractivity contribution in [3.63, 3.8) is 0 Å². The third-order valence-corrected chi connectivity index (χ3v) is 5.76. The van der Waals surface area contributed by atoms with Crippen molar-refractivity contribution in [1.82, 2.24) is 4.98 Å². The van der Waals surface area contributed by atoms with Crippen LogP contribution in [0.5, 0.6) is 5.75 Å². The smallest absolute Gasteiger partial charge is 0.323 e. The standard InChI is InChI=1S/C26H24N4O2/c1-32-24-9-5-4-8-23(24)30-26(31)27-19-12-14-21-18(16-19)11-15-25(28-21)29-22-13-10-17-6-2-3-7-20(17)22/h2-9,11-12,14-16,22H,10,13H2,1H3,(H,28,29)(H2,27,30,31). The Balaban J connectivity index is 1.28. The number of para-hydroxylation sites is 2. The number of aromatic nitrogens is 1. The van der Waals surface area contributed by atoms with Crippen molar-refractivity contribution in [3.05, 3.63) is 90.0 Å². The van der Waals surface area contributed by atoms with Crippen molar-refractivity contribution in [2.45, 2.75) is 18.9 Å². The number of anilines is 3. The Kier molecular flexibility index (Phi) is 5.34. The highest BCUT2D eigenvalue weighted by Gasteiger charge is 2.21. The lowest BCUT2D eigenvalue weighted by atomic mass is 10.1. The van der Waals surface area contributed by atoms with Crippen LogP contribution < -0.4 is 20.7 Å². The number of nitrogens with zero attached hydrogens (tertiary/aromatic N) is 1. The summed E-state index contributed by atoms with van der Waals surface area (Å²) < 4.78 is 5.28. The summed E-state index contributed by atoms with van der Waals surface area (Å²) in [5.74, 6) is 1.46. The number of pyridine rings is 1. The molecule has 1 aliphatic carbocycles. The summed E-state index contributed by atoms with van der Waals surface area (Å²) in [5.41, 5.74) is 4.94. The van der Waals surface area contributed by atoms with Gasteiger partial charge in [0.2, 0.25) is 0 Å². The maximum absolute atomic E-state index is 12.4. The molecule has 32 heavy (non-hydrogen) atoms. The summed E-state index contributed by atoms with van der Waals surface area (Å²) in [6.45, 7) is 0. The largest absolute Gasteiger partial charge is 0.495 e. The van der Waals surface area contributed by atoms with Crippen molar-refractivity contribution in [1.29, 1.82) is 0 Å². The number of nitrogens with one attached hydrogen (secondary N) is 3. The highest BCUT2D eigenvalue weighted by Crippen LogP contribution is 2.33. The second-order valence-corrected chi connectivity index (χ2v) is 7.82. The zero-order chi connectivity index (χ0) is 21.9. The van der Waals surface area contributed by atoms with E-state index in [4.69, 9.17) is 9.72 Å². The topological polar surface area (TPSA) is 75.3 Å². The number of hydrogen-bond acceptors (Lipinski definition) is 4. The zero-order valence-electron chi connectivity index (χ0n) is 17.8. The number of amides is 2. The molecule has 5 rings (SSSR count). The van der Waals surface area contributed by atoms with Crippen LogP contribution in [0.3, 0.4) is 0 Å². The molecule has 4 aromatic rings. The van der Waals surface area contributed by atoms with E-state index in [-0.39, 0.29) is 12.1 Å². The molecular formula is C26H24N4O2. The van der Waals surface area contributed by atoms with Gasteiger partial charge in [-0.3, -0.25) is 0 Å². The van der Waals surface area contributed by atoms with Crippen LogP contribution in [0.15, 0.2) is 78.9 Å². The Labute approximate surface area is 186 Å². The number of fused-ring (bicyclic) bond motifs is 2. The van der Waals surface area contributed by atoms with Gasteiger partial charge in [-0.15, -0.1) is 0 Å². The summed E-state index contributed by atoms with van der Waals surface area (Å²) in [6, 6.07) is 25.5. The van der Waals surface area contributed by atoms with Crippen molar-refractivity contribution in [2.24, 2.45) is 0 Å². The summed E-state index contributed by atoms with van der Waals surface area (Å²) in [5, 5.41) is 10.2. The number of benzene rings is 3. The molecular weight excluding hydrogens is 400 g/mol. The fourth-order valence-corrected chi connectivity index (χ4v) is 4.20. The van der Waals surface area contributed by atoms with Crippen molar-refractivity contribution >= 4 is 34.1 Å². The van der Waals surface area contributed by atoms with Crippen LogP contribution in [0, 0.1) is 0 Å². The molecule has 0 fully saturated rings. The van der Waals surface area contributed by atoms with Crippen molar-refractivity contribution < 1.29 is 9.53 Å². The predicted octanol–water partition coefficient (Wildman–Crippen LogP) is 5.99. The Morgan fingerprint density at radius 2 is 1.81 bits per heavy atom. The van der Waals surface area contributed by atoms with E-state index in [9.17, 15) is 4.79 Å². The number of urea groups is 1. The van der Waals surface area contributed by atoms with Crippen LogP contribution in [-0.4, -0.2) is 18.1 Å². The summed E-state index contributed by atoms with van der Waals surface area (Å²) in [6.07, 6.45) is 2.16. The van der Waals surface area contributed by atoms with E-state index in [0.29, 0.717) is 17.1 Å². The van der Waals surface area contributed by atoms with E-state index >= 15 is 0 Å². The lowest BCUT2D eigenvalue weighted by Crippen LogP contribution is -2.19. The van der Waals surface area contributed by atoms with Gasteiger partial charge in [0.25, 0.3) is 0 Å². The van der Waals surface area contributed by atoms with Gasteiger partial charge in [-0.25, -0.2) is 9.78 Å². The van der Waals surface area contributed by atoms with Gasteiger partial charge in [-0.05, 0) is 66.4 Å². The van der Waals surface area contributed by atoms with E-state index in [1.165, 1.54) is 11.1 Å². The molecule has 0 saturated heterocycles. The summed E-state index contributed by atoms with van der Waals surface area (Å²) in [4.78, 5) is 17.2. The van der Waals surface area contributed by atoms with Crippen LogP contribution in [0.2, 0.25) is 0 Å². The van der Waals surface area contributed by atoms with Gasteiger partial charge < -0.3 is 20.7 Å². The Hall–Kier alpha value is -4.06. The number of methoxy groups -OCH3 is 1. The maximum atomic E-state index is 12.4. The van der Waals surface area contributed by atoms with E-state index in [0.717, 1.165) is 29.6 Å². The van der Waals surface area contributed by atoms with Gasteiger partial charge >= 0.3 is 6.03 Å². The summed E-state index contributed by atoms with van der Waals surface area (Å²) in [7, 11) is 1.57. The van der Waals surface area contributed by atoms with Crippen molar-refractivity contribution in [2.75, 3.05) is 23.1 Å². The first-order valence-corrected chi connectivity index (χ1v) is 10.7. The molecule has 6 nitrogen and oxygen atoms in total. The minimum Gasteiger partial charge on any atom is -0.495 e. The lowest BCUT2D eigenvalue weighted by Gasteiger charge is -2.15. The first kappa shape index (κ1) is 19.9. The first-order valence-electron chi connectivity index (χ1n) is 10.7. The predicted molar refractivity (Wildman–Crippen MR) is 129 cm³/mol. The first-order chi connectivity index (χ1) is 15.7. The lowest BCUT2D eigenvalue weighted by molar-refractivity contribution is 0.262. The monoisotopic (exact) mass is 424 g/mol. The second kappa shape index (κ2) is 8.59. The molecule has 0 aliphatic heterocycles. The van der Waals surface area contributed by atoms with E-state index < -0.39 is 0 Å². The number of rotatable bonds is 5. The average molecular weight is 425 g/mol.